The Labute approximate surface area is 188 Å². The molecule has 0 aliphatic carbocycles. The Hall–Kier alpha value is -3.66. The number of para-hydroxylation sites is 1. The van der Waals surface area contributed by atoms with Crippen molar-refractivity contribution in [3.63, 3.8) is 0 Å². The number of rotatable bonds is 4. The number of carbonyl (C=O) groups excluding carboxylic acids is 2. The molecule has 32 heavy (non-hydrogen) atoms. The topological polar surface area (TPSA) is 40.6 Å². The highest BCUT2D eigenvalue weighted by Crippen LogP contribution is 2.39. The molecule has 160 valence electrons. The highest BCUT2D eigenvalue weighted by atomic mass is 16.2. The molecule has 0 bridgehead atoms. The Kier molecular flexibility index (Phi) is 5.14. The van der Waals surface area contributed by atoms with E-state index in [2.05, 4.69) is 19.9 Å². The molecule has 5 rings (SSSR count). The molecular weight excluding hydrogens is 396 g/mol. The van der Waals surface area contributed by atoms with Gasteiger partial charge in [0.15, 0.2) is 0 Å². The number of hydrogen-bond acceptors (Lipinski definition) is 3. The normalized spacial score (nSPS) is 16.2. The third-order valence-corrected chi connectivity index (χ3v) is 6.32. The van der Waals surface area contributed by atoms with Gasteiger partial charge >= 0.3 is 0 Å². The Bertz CT molecular complexity index is 1210. The first-order chi connectivity index (χ1) is 15.6. The Morgan fingerprint density at radius 1 is 0.781 bits per heavy atom. The second kappa shape index (κ2) is 8.12. The summed E-state index contributed by atoms with van der Waals surface area (Å²) in [5.41, 5.74) is 5.72. The number of benzene rings is 3. The second-order valence-electron chi connectivity index (χ2n) is 8.67. The molecule has 0 spiro atoms. The van der Waals surface area contributed by atoms with E-state index in [4.69, 9.17) is 0 Å². The van der Waals surface area contributed by atoms with Crippen LogP contribution in [-0.2, 0) is 16.0 Å². The van der Waals surface area contributed by atoms with Gasteiger partial charge in [-0.2, -0.15) is 0 Å². The predicted octanol–water partition coefficient (Wildman–Crippen LogP) is 5.55. The summed E-state index contributed by atoms with van der Waals surface area (Å²) in [5.74, 6) is -0.146. The monoisotopic (exact) mass is 422 g/mol. The first-order valence-electron chi connectivity index (χ1n) is 11.2. The molecule has 0 radical (unpaired) electrons. The second-order valence-corrected chi connectivity index (χ2v) is 8.67. The van der Waals surface area contributed by atoms with Crippen molar-refractivity contribution in [3.8, 4) is 0 Å². The van der Waals surface area contributed by atoms with Gasteiger partial charge in [-0.05, 0) is 53.6 Å². The summed E-state index contributed by atoms with van der Waals surface area (Å²) < 4.78 is 0. The molecule has 0 N–H and O–H groups in total. The van der Waals surface area contributed by atoms with E-state index < -0.39 is 0 Å². The molecule has 3 aromatic carbocycles. The molecule has 2 amide bonds. The minimum absolute atomic E-state index is 0.261. The van der Waals surface area contributed by atoms with Crippen LogP contribution in [-0.4, -0.2) is 18.4 Å². The molecule has 0 fully saturated rings. The number of carbonyl (C=O) groups is 2. The number of hydrogen-bond donors (Lipinski definition) is 0. The summed E-state index contributed by atoms with van der Waals surface area (Å²) >= 11 is 0. The molecule has 0 saturated carbocycles. The van der Waals surface area contributed by atoms with Crippen LogP contribution in [0.5, 0.6) is 0 Å². The molecule has 0 saturated heterocycles. The number of nitrogens with zero attached hydrogens (tertiary/aromatic N) is 2. The smallest absolute Gasteiger partial charge is 0.282 e. The van der Waals surface area contributed by atoms with Crippen LogP contribution in [0.4, 0.5) is 11.4 Å². The average Bonchev–Trinajstić information content (AvgIpc) is 3.09. The Morgan fingerprint density at radius 2 is 1.47 bits per heavy atom. The average molecular weight is 423 g/mol. The number of amides is 2. The lowest BCUT2D eigenvalue weighted by Crippen LogP contribution is -2.37. The van der Waals surface area contributed by atoms with Crippen molar-refractivity contribution in [1.82, 2.24) is 0 Å². The summed E-state index contributed by atoms with van der Waals surface area (Å²) in [7, 11) is 0. The van der Waals surface area contributed by atoms with Crippen LogP contribution in [0.2, 0.25) is 0 Å². The van der Waals surface area contributed by atoms with Gasteiger partial charge in [0.2, 0.25) is 0 Å². The zero-order valence-electron chi connectivity index (χ0n) is 18.4. The van der Waals surface area contributed by atoms with Crippen LogP contribution >= 0.6 is 0 Å². The van der Waals surface area contributed by atoms with Crippen molar-refractivity contribution in [3.05, 3.63) is 101 Å². The zero-order chi connectivity index (χ0) is 22.2. The first-order valence-corrected chi connectivity index (χ1v) is 11.2. The predicted molar refractivity (Wildman–Crippen MR) is 128 cm³/mol. The Morgan fingerprint density at radius 3 is 2.19 bits per heavy atom. The molecule has 0 unspecified atom stereocenters. The maximum atomic E-state index is 13.8. The quantitative estimate of drug-likeness (QED) is 0.518. The standard InChI is InChI=1S/C28H26N2O2/c1-19(2)20-14-16-23(17-15-20)30-27(31)25(22-10-4-3-5-11-22)26(28(30)32)29-18-8-12-21-9-6-7-13-24(21)29/h3-7,9-11,13-17,19H,8,12,18H2,1-2H3. The third kappa shape index (κ3) is 3.32. The van der Waals surface area contributed by atoms with E-state index in [1.165, 1.54) is 16.0 Å². The van der Waals surface area contributed by atoms with E-state index in [1.54, 1.807) is 0 Å². The van der Waals surface area contributed by atoms with Crippen molar-refractivity contribution < 1.29 is 9.59 Å². The summed E-state index contributed by atoms with van der Waals surface area (Å²) in [4.78, 5) is 30.9. The van der Waals surface area contributed by atoms with Crippen LogP contribution in [0.15, 0.2) is 84.6 Å². The molecule has 4 heteroatoms. The lowest BCUT2D eigenvalue weighted by molar-refractivity contribution is -0.120. The van der Waals surface area contributed by atoms with E-state index in [-0.39, 0.29) is 11.8 Å². The van der Waals surface area contributed by atoms with Gasteiger partial charge in [-0.3, -0.25) is 9.59 Å². The molecule has 2 aliphatic heterocycles. The number of fused-ring (bicyclic) bond motifs is 1. The fraction of sp³-hybridized carbons (Fsp3) is 0.214. The van der Waals surface area contributed by atoms with Gasteiger partial charge < -0.3 is 4.90 Å². The van der Waals surface area contributed by atoms with Gasteiger partial charge in [0.1, 0.15) is 5.70 Å². The highest BCUT2D eigenvalue weighted by Gasteiger charge is 2.43. The molecular formula is C28H26N2O2. The molecule has 3 aromatic rings. The number of aryl methyl sites for hydroxylation is 1. The van der Waals surface area contributed by atoms with Crippen molar-refractivity contribution >= 4 is 28.8 Å². The number of imide groups is 1. The molecule has 0 aromatic heterocycles. The summed E-state index contributed by atoms with van der Waals surface area (Å²) in [6, 6.07) is 25.4. The van der Waals surface area contributed by atoms with Crippen molar-refractivity contribution in [1.29, 1.82) is 0 Å². The SMILES string of the molecule is CC(C)c1ccc(N2C(=O)C(c3ccccc3)=C(N3CCCc4ccccc43)C2=O)cc1. The minimum atomic E-state index is -0.267. The van der Waals surface area contributed by atoms with E-state index in [9.17, 15) is 9.59 Å². The lowest BCUT2D eigenvalue weighted by Gasteiger charge is -2.32. The maximum Gasteiger partial charge on any atom is 0.282 e. The van der Waals surface area contributed by atoms with Crippen LogP contribution < -0.4 is 9.80 Å². The summed E-state index contributed by atoms with van der Waals surface area (Å²) in [6.07, 6.45) is 1.91. The maximum absolute atomic E-state index is 13.8. The molecule has 2 aliphatic rings. The first kappa shape index (κ1) is 20.3. The minimum Gasteiger partial charge on any atom is -0.336 e. The van der Waals surface area contributed by atoms with Gasteiger partial charge in [-0.15, -0.1) is 0 Å². The van der Waals surface area contributed by atoms with Crippen molar-refractivity contribution in [2.75, 3.05) is 16.3 Å². The summed E-state index contributed by atoms with van der Waals surface area (Å²) in [5, 5.41) is 0. The van der Waals surface area contributed by atoms with E-state index in [1.807, 2.05) is 77.7 Å². The van der Waals surface area contributed by atoms with Crippen LogP contribution in [0.3, 0.4) is 0 Å². The van der Waals surface area contributed by atoms with Gasteiger partial charge in [0.05, 0.1) is 11.3 Å². The van der Waals surface area contributed by atoms with Crippen molar-refractivity contribution in [2.24, 2.45) is 0 Å². The third-order valence-electron chi connectivity index (χ3n) is 6.32. The Balaban J connectivity index is 1.64. The van der Waals surface area contributed by atoms with E-state index >= 15 is 0 Å². The van der Waals surface area contributed by atoms with Gasteiger partial charge in [0, 0.05) is 12.2 Å². The molecule has 0 atom stereocenters. The van der Waals surface area contributed by atoms with Crippen molar-refractivity contribution in [2.45, 2.75) is 32.6 Å². The van der Waals surface area contributed by atoms with Gasteiger partial charge in [-0.1, -0.05) is 74.5 Å². The van der Waals surface area contributed by atoms with Crippen LogP contribution in [0.25, 0.3) is 5.57 Å². The largest absolute Gasteiger partial charge is 0.336 e. The van der Waals surface area contributed by atoms with Crippen LogP contribution in [0, 0.1) is 0 Å². The van der Waals surface area contributed by atoms with E-state index in [0.717, 1.165) is 24.1 Å². The summed E-state index contributed by atoms with van der Waals surface area (Å²) in [6.45, 7) is 4.96. The van der Waals surface area contributed by atoms with Crippen LogP contribution in [0.1, 0.15) is 42.9 Å². The van der Waals surface area contributed by atoms with Gasteiger partial charge in [-0.25, -0.2) is 4.90 Å². The van der Waals surface area contributed by atoms with E-state index in [0.29, 0.717) is 29.4 Å². The molecule has 2 heterocycles. The lowest BCUT2D eigenvalue weighted by atomic mass is 9.98. The fourth-order valence-corrected chi connectivity index (χ4v) is 4.64. The highest BCUT2D eigenvalue weighted by molar-refractivity contribution is 6.46. The zero-order valence-corrected chi connectivity index (χ0v) is 18.4. The fourth-order valence-electron chi connectivity index (χ4n) is 4.64. The number of anilines is 2. The molecule has 4 nitrogen and oxygen atoms in total. The van der Waals surface area contributed by atoms with Gasteiger partial charge in [0.25, 0.3) is 11.8 Å².